The van der Waals surface area contributed by atoms with Gasteiger partial charge in [0, 0.05) is 10.4 Å². The summed E-state index contributed by atoms with van der Waals surface area (Å²) in [6.07, 6.45) is 1.04. The highest BCUT2D eigenvalue weighted by molar-refractivity contribution is 9.10. The van der Waals surface area contributed by atoms with E-state index in [0.717, 1.165) is 10.9 Å². The predicted octanol–water partition coefficient (Wildman–Crippen LogP) is 2.49. The van der Waals surface area contributed by atoms with Gasteiger partial charge in [0.15, 0.2) is 0 Å². The van der Waals surface area contributed by atoms with Crippen LogP contribution in [0.25, 0.3) is 0 Å². The average Bonchev–Trinajstić information content (AvgIpc) is 2.85. The minimum absolute atomic E-state index is 0.293. The first kappa shape index (κ1) is 8.75. The molecule has 1 saturated carbocycles. The van der Waals surface area contributed by atoms with E-state index < -0.39 is 0 Å². The van der Waals surface area contributed by atoms with E-state index in [9.17, 15) is 0 Å². The van der Waals surface area contributed by atoms with Crippen LogP contribution < -0.4 is 5.73 Å². The summed E-state index contributed by atoms with van der Waals surface area (Å²) in [5.41, 5.74) is 6.72. The third-order valence-corrected chi connectivity index (χ3v) is 3.02. The first-order valence-electron chi connectivity index (χ1n) is 4.28. The van der Waals surface area contributed by atoms with Crippen molar-refractivity contribution in [1.82, 2.24) is 0 Å². The Kier molecular flexibility index (Phi) is 2.12. The second-order valence-corrected chi connectivity index (χ2v) is 4.37. The minimum Gasteiger partial charge on any atom is -0.387 e. The van der Waals surface area contributed by atoms with Crippen LogP contribution in [0.2, 0.25) is 0 Å². The van der Waals surface area contributed by atoms with Gasteiger partial charge in [0.1, 0.15) is 0 Å². The number of benzene rings is 1. The molecule has 1 aromatic rings. The van der Waals surface area contributed by atoms with Crippen molar-refractivity contribution in [2.45, 2.75) is 12.3 Å². The molecule has 0 radical (unpaired) electrons. The molecule has 0 bridgehead atoms. The molecular formula is C10H11BrN2. The largest absolute Gasteiger partial charge is 0.387 e. The lowest BCUT2D eigenvalue weighted by Crippen LogP contribution is -2.12. The SMILES string of the molecule is N=C(N)[C@H]1C[C@H]1c1ccc(Br)cc1. The third kappa shape index (κ3) is 1.75. The van der Waals surface area contributed by atoms with Gasteiger partial charge in [0.05, 0.1) is 5.84 Å². The molecule has 13 heavy (non-hydrogen) atoms. The molecule has 2 atom stereocenters. The molecule has 0 unspecified atom stereocenters. The molecule has 1 aromatic carbocycles. The molecule has 2 nitrogen and oxygen atoms in total. The lowest BCUT2D eigenvalue weighted by Gasteiger charge is -1.99. The Bertz CT molecular complexity index is 331. The van der Waals surface area contributed by atoms with Crippen molar-refractivity contribution >= 4 is 21.8 Å². The Morgan fingerprint density at radius 2 is 2.00 bits per heavy atom. The van der Waals surface area contributed by atoms with E-state index in [4.69, 9.17) is 11.1 Å². The van der Waals surface area contributed by atoms with E-state index in [1.807, 2.05) is 12.1 Å². The van der Waals surface area contributed by atoms with E-state index in [0.29, 0.717) is 17.7 Å². The molecule has 1 fully saturated rings. The lowest BCUT2D eigenvalue weighted by molar-refractivity contribution is 1.03. The van der Waals surface area contributed by atoms with Crippen LogP contribution >= 0.6 is 15.9 Å². The molecule has 0 amide bonds. The summed E-state index contributed by atoms with van der Waals surface area (Å²) < 4.78 is 1.09. The van der Waals surface area contributed by atoms with Crippen molar-refractivity contribution in [3.63, 3.8) is 0 Å². The van der Waals surface area contributed by atoms with Crippen LogP contribution in [0.15, 0.2) is 28.7 Å². The van der Waals surface area contributed by atoms with Gasteiger partial charge in [0.25, 0.3) is 0 Å². The first-order chi connectivity index (χ1) is 6.18. The van der Waals surface area contributed by atoms with Gasteiger partial charge in [-0.1, -0.05) is 28.1 Å². The smallest absolute Gasteiger partial charge is 0.0943 e. The Labute approximate surface area is 85.8 Å². The molecule has 0 aliphatic heterocycles. The standard InChI is InChI=1S/C10H11BrN2/c11-7-3-1-6(2-4-7)8-5-9(8)10(12)13/h1-4,8-9H,5H2,(H3,12,13)/t8-,9-/m0/s1. The monoisotopic (exact) mass is 238 g/mol. The van der Waals surface area contributed by atoms with Gasteiger partial charge in [-0.05, 0) is 30.0 Å². The number of rotatable bonds is 2. The van der Waals surface area contributed by atoms with Gasteiger partial charge in [-0.3, -0.25) is 5.41 Å². The summed E-state index contributed by atoms with van der Waals surface area (Å²) in [7, 11) is 0. The Morgan fingerprint density at radius 3 is 2.46 bits per heavy atom. The topological polar surface area (TPSA) is 49.9 Å². The Morgan fingerprint density at radius 1 is 1.38 bits per heavy atom. The molecule has 3 heteroatoms. The van der Waals surface area contributed by atoms with Gasteiger partial charge in [-0.2, -0.15) is 0 Å². The fourth-order valence-electron chi connectivity index (χ4n) is 1.62. The normalized spacial score (nSPS) is 25.6. The predicted molar refractivity (Wildman–Crippen MR) is 56.9 cm³/mol. The fraction of sp³-hybridized carbons (Fsp3) is 0.300. The molecule has 2 rings (SSSR count). The average molecular weight is 239 g/mol. The number of halogens is 1. The van der Waals surface area contributed by atoms with E-state index in [2.05, 4.69) is 28.1 Å². The molecule has 0 aromatic heterocycles. The van der Waals surface area contributed by atoms with Crippen molar-refractivity contribution in [3.8, 4) is 0 Å². The number of nitrogens with two attached hydrogens (primary N) is 1. The van der Waals surface area contributed by atoms with E-state index >= 15 is 0 Å². The second kappa shape index (κ2) is 3.14. The molecule has 0 heterocycles. The van der Waals surface area contributed by atoms with Crippen LogP contribution in [0.3, 0.4) is 0 Å². The summed E-state index contributed by atoms with van der Waals surface area (Å²) in [5.74, 6) is 1.11. The van der Waals surface area contributed by atoms with Gasteiger partial charge < -0.3 is 5.73 Å². The summed E-state index contributed by atoms with van der Waals surface area (Å²) >= 11 is 3.39. The minimum atomic E-state index is 0.293. The van der Waals surface area contributed by atoms with Gasteiger partial charge >= 0.3 is 0 Å². The van der Waals surface area contributed by atoms with Crippen LogP contribution in [0, 0.1) is 11.3 Å². The lowest BCUT2D eigenvalue weighted by atomic mass is 10.1. The van der Waals surface area contributed by atoms with Crippen molar-refractivity contribution in [2.75, 3.05) is 0 Å². The van der Waals surface area contributed by atoms with Crippen LogP contribution in [0.4, 0.5) is 0 Å². The van der Waals surface area contributed by atoms with Crippen LogP contribution in [0.1, 0.15) is 17.9 Å². The van der Waals surface area contributed by atoms with E-state index in [1.54, 1.807) is 0 Å². The second-order valence-electron chi connectivity index (χ2n) is 3.46. The highest BCUT2D eigenvalue weighted by atomic mass is 79.9. The molecule has 3 N–H and O–H groups in total. The zero-order valence-electron chi connectivity index (χ0n) is 7.13. The first-order valence-corrected chi connectivity index (χ1v) is 5.07. The van der Waals surface area contributed by atoms with Crippen molar-refractivity contribution < 1.29 is 0 Å². The zero-order chi connectivity index (χ0) is 9.42. The quantitative estimate of drug-likeness (QED) is 0.604. The summed E-state index contributed by atoms with van der Waals surface area (Å²) in [6.45, 7) is 0. The van der Waals surface area contributed by atoms with Crippen molar-refractivity contribution in [1.29, 1.82) is 5.41 Å². The number of hydrogen-bond donors (Lipinski definition) is 2. The maximum atomic E-state index is 7.30. The maximum Gasteiger partial charge on any atom is 0.0943 e. The van der Waals surface area contributed by atoms with Crippen LogP contribution in [-0.2, 0) is 0 Å². The van der Waals surface area contributed by atoms with Gasteiger partial charge in [-0.25, -0.2) is 0 Å². The van der Waals surface area contributed by atoms with Gasteiger partial charge in [-0.15, -0.1) is 0 Å². The maximum absolute atomic E-state index is 7.30. The van der Waals surface area contributed by atoms with Crippen molar-refractivity contribution in [2.24, 2.45) is 11.7 Å². The zero-order valence-corrected chi connectivity index (χ0v) is 8.71. The molecule has 1 aliphatic rings. The fourth-order valence-corrected chi connectivity index (χ4v) is 1.88. The summed E-state index contributed by atoms with van der Waals surface area (Å²) in [6, 6.07) is 8.26. The van der Waals surface area contributed by atoms with Crippen LogP contribution in [-0.4, -0.2) is 5.84 Å². The van der Waals surface area contributed by atoms with E-state index in [1.165, 1.54) is 5.56 Å². The highest BCUT2D eigenvalue weighted by Crippen LogP contribution is 2.47. The molecule has 1 aliphatic carbocycles. The van der Waals surface area contributed by atoms with E-state index in [-0.39, 0.29) is 0 Å². The van der Waals surface area contributed by atoms with Gasteiger partial charge in [0.2, 0.25) is 0 Å². The van der Waals surface area contributed by atoms with Crippen molar-refractivity contribution in [3.05, 3.63) is 34.3 Å². The summed E-state index contributed by atoms with van der Waals surface area (Å²) in [4.78, 5) is 0. The highest BCUT2D eigenvalue weighted by Gasteiger charge is 2.40. The summed E-state index contributed by atoms with van der Waals surface area (Å²) in [5, 5.41) is 7.30. The Balaban J connectivity index is 2.12. The number of amidine groups is 1. The van der Waals surface area contributed by atoms with Crippen LogP contribution in [0.5, 0.6) is 0 Å². The number of hydrogen-bond acceptors (Lipinski definition) is 1. The molecule has 0 spiro atoms. The molecule has 68 valence electrons. The number of nitrogens with one attached hydrogen (secondary N) is 1. The molecule has 0 saturated heterocycles. The third-order valence-electron chi connectivity index (χ3n) is 2.49. The Hall–Kier alpha value is -0.830. The molecular weight excluding hydrogens is 228 g/mol.